The first-order chi connectivity index (χ1) is 12.7. The van der Waals surface area contributed by atoms with E-state index in [1.165, 1.54) is 37.4 Å². The minimum atomic E-state index is -0.581. The van der Waals surface area contributed by atoms with Crippen LogP contribution in [0, 0.1) is 16.0 Å². The van der Waals surface area contributed by atoms with Crippen LogP contribution in [-0.2, 0) is 0 Å². The normalized spacial score (nSPS) is 11.8. The molecule has 2 aromatic rings. The first kappa shape index (κ1) is 20.5. The largest absolute Gasteiger partial charge is 0.493 e. The molecular formula is C19H21ClN2O5. The number of halogens is 1. The number of nitrogens with zero attached hydrogens (tertiary/aromatic N) is 1. The fourth-order valence-corrected chi connectivity index (χ4v) is 2.35. The van der Waals surface area contributed by atoms with Crippen molar-refractivity contribution in [2.75, 3.05) is 7.11 Å². The highest BCUT2D eigenvalue weighted by molar-refractivity contribution is 6.30. The van der Waals surface area contributed by atoms with Gasteiger partial charge in [0.2, 0.25) is 5.75 Å². The molecule has 144 valence electrons. The minimum absolute atomic E-state index is 0.0103. The molecule has 0 fully saturated rings. The molecule has 0 aromatic heterocycles. The number of amides is 1. The molecule has 0 saturated carbocycles. The molecule has 0 aliphatic heterocycles. The molecule has 0 radical (unpaired) electrons. The Bertz CT molecular complexity index is 854. The Balaban J connectivity index is 2.30. The fourth-order valence-electron chi connectivity index (χ4n) is 2.19. The lowest BCUT2D eigenvalue weighted by Crippen LogP contribution is -2.36. The minimum Gasteiger partial charge on any atom is -0.493 e. The van der Waals surface area contributed by atoms with Crippen molar-refractivity contribution in [1.29, 1.82) is 0 Å². The highest BCUT2D eigenvalue weighted by atomic mass is 35.5. The molecule has 2 aromatic carbocycles. The number of carbonyl (C=O) groups is 1. The van der Waals surface area contributed by atoms with Gasteiger partial charge in [0.1, 0.15) is 0 Å². The van der Waals surface area contributed by atoms with Crippen molar-refractivity contribution in [1.82, 2.24) is 5.32 Å². The van der Waals surface area contributed by atoms with Gasteiger partial charge in [-0.2, -0.15) is 0 Å². The van der Waals surface area contributed by atoms with Crippen molar-refractivity contribution in [2.45, 2.75) is 26.8 Å². The molecule has 2 rings (SSSR count). The van der Waals surface area contributed by atoms with E-state index in [0.29, 0.717) is 11.5 Å². The Hall–Kier alpha value is -2.80. The van der Waals surface area contributed by atoms with Gasteiger partial charge in [-0.1, -0.05) is 25.4 Å². The maximum Gasteiger partial charge on any atom is 0.313 e. The van der Waals surface area contributed by atoms with Crippen LogP contribution in [0.5, 0.6) is 17.2 Å². The first-order valence-corrected chi connectivity index (χ1v) is 8.71. The number of hydrogen-bond acceptors (Lipinski definition) is 5. The van der Waals surface area contributed by atoms with E-state index in [-0.39, 0.29) is 39.9 Å². The molecule has 0 saturated heterocycles. The zero-order valence-corrected chi connectivity index (χ0v) is 16.2. The first-order valence-electron chi connectivity index (χ1n) is 8.33. The van der Waals surface area contributed by atoms with E-state index in [0.717, 1.165) is 0 Å². The fraction of sp³-hybridized carbons (Fsp3) is 0.316. The second kappa shape index (κ2) is 8.73. The standard InChI is InChI=1S/C19H21ClN2O5/c1-11(2)12(3)21-19(23)13-5-7-17(18(9-13)26-4)27-16-8-6-14(20)10-15(16)22(24)25/h5-12H,1-4H3,(H,21,23). The van der Waals surface area contributed by atoms with Gasteiger partial charge < -0.3 is 14.8 Å². The van der Waals surface area contributed by atoms with Crippen molar-refractivity contribution in [2.24, 2.45) is 5.92 Å². The van der Waals surface area contributed by atoms with E-state index < -0.39 is 4.92 Å². The summed E-state index contributed by atoms with van der Waals surface area (Å²) in [7, 11) is 1.43. The van der Waals surface area contributed by atoms with Crippen LogP contribution in [0.15, 0.2) is 36.4 Å². The van der Waals surface area contributed by atoms with Crippen molar-refractivity contribution in [3.8, 4) is 17.2 Å². The van der Waals surface area contributed by atoms with E-state index in [2.05, 4.69) is 5.32 Å². The number of benzene rings is 2. The molecule has 1 N–H and O–H groups in total. The average molecular weight is 393 g/mol. The highest BCUT2D eigenvalue weighted by Crippen LogP contribution is 2.37. The molecule has 1 unspecified atom stereocenters. The van der Waals surface area contributed by atoms with E-state index >= 15 is 0 Å². The van der Waals surface area contributed by atoms with E-state index in [4.69, 9.17) is 21.1 Å². The lowest BCUT2D eigenvalue weighted by Gasteiger charge is -2.18. The van der Waals surface area contributed by atoms with Crippen LogP contribution in [0.3, 0.4) is 0 Å². The van der Waals surface area contributed by atoms with E-state index in [9.17, 15) is 14.9 Å². The molecule has 0 aliphatic carbocycles. The Morgan fingerprint density at radius 2 is 1.78 bits per heavy atom. The lowest BCUT2D eigenvalue weighted by molar-refractivity contribution is -0.385. The van der Waals surface area contributed by atoms with E-state index in [1.807, 2.05) is 20.8 Å². The van der Waals surface area contributed by atoms with Gasteiger partial charge in [0.05, 0.1) is 12.0 Å². The monoisotopic (exact) mass is 392 g/mol. The Morgan fingerprint density at radius 1 is 1.11 bits per heavy atom. The molecule has 7 nitrogen and oxygen atoms in total. The van der Waals surface area contributed by atoms with Gasteiger partial charge >= 0.3 is 5.69 Å². The van der Waals surface area contributed by atoms with E-state index in [1.54, 1.807) is 6.07 Å². The van der Waals surface area contributed by atoms with Gasteiger partial charge in [-0.25, -0.2) is 0 Å². The second-order valence-corrected chi connectivity index (χ2v) is 6.78. The van der Waals surface area contributed by atoms with Gasteiger partial charge in [0.25, 0.3) is 5.91 Å². The zero-order chi connectivity index (χ0) is 20.1. The number of nitro benzene ring substituents is 1. The third-order valence-electron chi connectivity index (χ3n) is 4.12. The van der Waals surface area contributed by atoms with Gasteiger partial charge in [0.15, 0.2) is 11.5 Å². The summed E-state index contributed by atoms with van der Waals surface area (Å²) in [4.78, 5) is 23.0. The van der Waals surface area contributed by atoms with Crippen LogP contribution in [0.25, 0.3) is 0 Å². The second-order valence-electron chi connectivity index (χ2n) is 6.34. The molecule has 0 spiro atoms. The van der Waals surface area contributed by atoms with Crippen molar-refractivity contribution in [3.05, 3.63) is 57.1 Å². The number of methoxy groups -OCH3 is 1. The van der Waals surface area contributed by atoms with Gasteiger partial charge in [-0.15, -0.1) is 0 Å². The summed E-state index contributed by atoms with van der Waals surface area (Å²) >= 11 is 5.81. The lowest BCUT2D eigenvalue weighted by atomic mass is 10.1. The van der Waals surface area contributed by atoms with Crippen molar-refractivity contribution >= 4 is 23.2 Å². The smallest absolute Gasteiger partial charge is 0.313 e. The van der Waals surface area contributed by atoms with Gasteiger partial charge in [-0.3, -0.25) is 14.9 Å². The Kier molecular flexibility index (Phi) is 6.63. The van der Waals surface area contributed by atoms with Crippen LogP contribution >= 0.6 is 11.6 Å². The molecule has 0 bridgehead atoms. The topological polar surface area (TPSA) is 90.7 Å². The number of hydrogen-bond donors (Lipinski definition) is 1. The molecular weight excluding hydrogens is 372 g/mol. The number of rotatable bonds is 7. The van der Waals surface area contributed by atoms with Crippen molar-refractivity contribution < 1.29 is 19.2 Å². The average Bonchev–Trinajstić information content (AvgIpc) is 2.62. The predicted molar refractivity (Wildman–Crippen MR) is 103 cm³/mol. The van der Waals surface area contributed by atoms with Crippen LogP contribution in [0.2, 0.25) is 5.02 Å². The summed E-state index contributed by atoms with van der Waals surface area (Å²) in [6.07, 6.45) is 0. The molecule has 1 atom stereocenters. The van der Waals surface area contributed by atoms with Crippen LogP contribution in [0.4, 0.5) is 5.69 Å². The van der Waals surface area contributed by atoms with Crippen LogP contribution in [0.1, 0.15) is 31.1 Å². The summed E-state index contributed by atoms with van der Waals surface area (Å²) in [6, 6.07) is 8.75. The zero-order valence-electron chi connectivity index (χ0n) is 15.5. The number of nitro groups is 1. The maximum absolute atomic E-state index is 12.4. The van der Waals surface area contributed by atoms with Crippen LogP contribution < -0.4 is 14.8 Å². The van der Waals surface area contributed by atoms with Crippen LogP contribution in [-0.4, -0.2) is 24.0 Å². The maximum atomic E-state index is 12.4. The summed E-state index contributed by atoms with van der Waals surface area (Å²) in [5, 5.41) is 14.3. The van der Waals surface area contributed by atoms with Gasteiger partial charge in [0, 0.05) is 22.7 Å². The summed E-state index contributed by atoms with van der Waals surface area (Å²) in [6.45, 7) is 5.96. The molecule has 27 heavy (non-hydrogen) atoms. The van der Waals surface area contributed by atoms with Crippen molar-refractivity contribution in [3.63, 3.8) is 0 Å². The molecule has 1 amide bonds. The third kappa shape index (κ3) is 5.10. The number of carbonyl (C=O) groups excluding carboxylic acids is 1. The third-order valence-corrected chi connectivity index (χ3v) is 4.36. The van der Waals surface area contributed by atoms with Gasteiger partial charge in [-0.05, 0) is 43.2 Å². The predicted octanol–water partition coefficient (Wildman–Crippen LogP) is 4.82. The highest BCUT2D eigenvalue weighted by Gasteiger charge is 2.19. The molecule has 8 heteroatoms. The number of nitrogens with one attached hydrogen (secondary N) is 1. The summed E-state index contributed by atoms with van der Waals surface area (Å²) in [5.41, 5.74) is 0.134. The Labute approximate surface area is 162 Å². The quantitative estimate of drug-likeness (QED) is 0.538. The Morgan fingerprint density at radius 3 is 2.37 bits per heavy atom. The number of ether oxygens (including phenoxy) is 2. The summed E-state index contributed by atoms with van der Waals surface area (Å²) in [5.74, 6) is 0.608. The summed E-state index contributed by atoms with van der Waals surface area (Å²) < 4.78 is 10.9. The molecule has 0 aliphatic rings. The molecule has 0 heterocycles. The SMILES string of the molecule is COc1cc(C(=O)NC(C)C(C)C)ccc1Oc1ccc(Cl)cc1[N+](=O)[O-].